The summed E-state index contributed by atoms with van der Waals surface area (Å²) in [6, 6.07) is 26.1. The minimum absolute atomic E-state index is 0.161. The molecule has 1 saturated heterocycles. The van der Waals surface area contributed by atoms with E-state index in [4.69, 9.17) is 21.1 Å². The highest BCUT2D eigenvalue weighted by Gasteiger charge is 2.64. The van der Waals surface area contributed by atoms with Crippen LogP contribution in [0.4, 0.5) is 5.69 Å². The molecule has 0 bridgehead atoms. The molecule has 0 aliphatic carbocycles. The van der Waals surface area contributed by atoms with Crippen molar-refractivity contribution in [3.63, 3.8) is 0 Å². The highest BCUT2D eigenvalue weighted by Crippen LogP contribution is 2.58. The fraction of sp³-hybridized carbons (Fsp3) is 0.286. The molecule has 2 atom stereocenters. The summed E-state index contributed by atoms with van der Waals surface area (Å²) >= 11 is 6.20. The van der Waals surface area contributed by atoms with Crippen molar-refractivity contribution in [2.75, 3.05) is 18.1 Å². The highest BCUT2D eigenvalue weighted by atomic mass is 35.5. The predicted octanol–water partition coefficient (Wildman–Crippen LogP) is 6.15. The van der Waals surface area contributed by atoms with Gasteiger partial charge in [0.2, 0.25) is 0 Å². The third-order valence-electron chi connectivity index (χ3n) is 6.30. The lowest BCUT2D eigenvalue weighted by Crippen LogP contribution is -2.46. The van der Waals surface area contributed by atoms with Crippen LogP contribution in [0.3, 0.4) is 0 Å². The molecule has 1 aliphatic heterocycles. The van der Waals surface area contributed by atoms with Crippen molar-refractivity contribution in [1.82, 2.24) is 0 Å². The smallest absolute Gasteiger partial charge is 0.326 e. The minimum atomic E-state index is -1.56. The second kappa shape index (κ2) is 10.3. The van der Waals surface area contributed by atoms with Gasteiger partial charge in [0.25, 0.3) is 0 Å². The van der Waals surface area contributed by atoms with Gasteiger partial charge in [-0.1, -0.05) is 72.3 Å². The number of para-hydroxylation sites is 1. The maximum atomic E-state index is 13.7. The molecule has 34 heavy (non-hydrogen) atoms. The van der Waals surface area contributed by atoms with E-state index in [9.17, 15) is 9.59 Å². The SMILES string of the molecule is CCOC(=O)C1(C(=O)OCC)C[C@H](c2ccccc2)N(c2ccccc2)[C@@H]1c1ccc(Cl)cc1. The van der Waals surface area contributed by atoms with E-state index in [0.29, 0.717) is 5.02 Å². The van der Waals surface area contributed by atoms with Crippen LogP contribution in [0.5, 0.6) is 0 Å². The summed E-state index contributed by atoms with van der Waals surface area (Å²) in [5, 5.41) is 0.575. The Morgan fingerprint density at radius 1 is 0.824 bits per heavy atom. The van der Waals surface area contributed by atoms with Crippen LogP contribution >= 0.6 is 11.6 Å². The van der Waals surface area contributed by atoms with Gasteiger partial charge in [-0.25, -0.2) is 0 Å². The monoisotopic (exact) mass is 477 g/mol. The molecule has 1 fully saturated rings. The van der Waals surface area contributed by atoms with E-state index in [1.54, 1.807) is 26.0 Å². The lowest BCUT2D eigenvalue weighted by molar-refractivity contribution is -0.173. The van der Waals surface area contributed by atoms with Crippen molar-refractivity contribution >= 4 is 29.2 Å². The van der Waals surface area contributed by atoms with Gasteiger partial charge in [0, 0.05) is 17.1 Å². The third-order valence-corrected chi connectivity index (χ3v) is 6.55. The second-order valence-electron chi connectivity index (χ2n) is 8.24. The summed E-state index contributed by atoms with van der Waals surface area (Å²) in [5.41, 5.74) is 1.12. The number of hydrogen-bond acceptors (Lipinski definition) is 5. The number of benzene rings is 3. The Balaban J connectivity index is 2.00. The summed E-state index contributed by atoms with van der Waals surface area (Å²) in [5.74, 6) is -1.15. The van der Waals surface area contributed by atoms with E-state index in [2.05, 4.69) is 4.90 Å². The van der Waals surface area contributed by atoms with Crippen LogP contribution in [0.2, 0.25) is 5.02 Å². The van der Waals surface area contributed by atoms with Crippen LogP contribution in [0.15, 0.2) is 84.9 Å². The summed E-state index contributed by atoms with van der Waals surface area (Å²) in [4.78, 5) is 29.6. The first-order valence-electron chi connectivity index (χ1n) is 11.5. The number of halogens is 1. The zero-order chi connectivity index (χ0) is 24.1. The van der Waals surface area contributed by atoms with Crippen LogP contribution in [-0.4, -0.2) is 25.2 Å². The maximum Gasteiger partial charge on any atom is 0.326 e. The molecule has 6 heteroatoms. The standard InChI is InChI=1S/C28H28ClNO4/c1-3-33-26(31)28(27(32)34-4-2)19-24(20-11-7-5-8-12-20)30(23-13-9-6-10-14-23)25(28)21-15-17-22(29)18-16-21/h5-18,24-25H,3-4,19H2,1-2H3/t24-,25-/m1/s1. The number of rotatable bonds is 7. The first kappa shape index (κ1) is 23.8. The second-order valence-corrected chi connectivity index (χ2v) is 8.68. The molecule has 5 nitrogen and oxygen atoms in total. The fourth-order valence-corrected chi connectivity index (χ4v) is 5.02. The number of hydrogen-bond donors (Lipinski definition) is 0. The number of anilines is 1. The van der Waals surface area contributed by atoms with Crippen molar-refractivity contribution in [3.05, 3.63) is 101 Å². The van der Waals surface area contributed by atoms with Gasteiger partial charge in [-0.15, -0.1) is 0 Å². The first-order chi connectivity index (χ1) is 16.5. The van der Waals surface area contributed by atoms with E-state index >= 15 is 0 Å². The molecule has 0 unspecified atom stereocenters. The van der Waals surface area contributed by atoms with Gasteiger partial charge in [-0.3, -0.25) is 9.59 Å². The topological polar surface area (TPSA) is 55.8 Å². The van der Waals surface area contributed by atoms with Crippen molar-refractivity contribution in [1.29, 1.82) is 0 Å². The van der Waals surface area contributed by atoms with Gasteiger partial charge in [-0.05, 0) is 49.2 Å². The Labute approximate surface area is 205 Å². The predicted molar refractivity (Wildman–Crippen MR) is 133 cm³/mol. The molecule has 1 heterocycles. The van der Waals surface area contributed by atoms with Crippen LogP contribution in [0.25, 0.3) is 0 Å². The number of ether oxygens (including phenoxy) is 2. The first-order valence-corrected chi connectivity index (χ1v) is 11.9. The number of esters is 2. The number of nitrogens with zero attached hydrogens (tertiary/aromatic N) is 1. The number of carbonyl (C=O) groups is 2. The largest absolute Gasteiger partial charge is 0.465 e. The summed E-state index contributed by atoms with van der Waals surface area (Å²) in [6.07, 6.45) is 0.219. The maximum absolute atomic E-state index is 13.7. The lowest BCUT2D eigenvalue weighted by atomic mass is 9.75. The fourth-order valence-electron chi connectivity index (χ4n) is 4.90. The Kier molecular flexibility index (Phi) is 7.23. The van der Waals surface area contributed by atoms with E-state index in [-0.39, 0.29) is 25.7 Å². The molecule has 0 amide bonds. The van der Waals surface area contributed by atoms with E-state index in [1.165, 1.54) is 0 Å². The van der Waals surface area contributed by atoms with Crippen LogP contribution in [0.1, 0.15) is 43.5 Å². The summed E-state index contributed by atoms with van der Waals surface area (Å²) in [7, 11) is 0. The highest BCUT2D eigenvalue weighted by molar-refractivity contribution is 6.30. The molecule has 3 aromatic rings. The van der Waals surface area contributed by atoms with Gasteiger partial charge in [0.05, 0.1) is 25.3 Å². The average Bonchev–Trinajstić information content (AvgIpc) is 3.23. The zero-order valence-corrected chi connectivity index (χ0v) is 20.1. The molecule has 0 saturated carbocycles. The van der Waals surface area contributed by atoms with Gasteiger partial charge >= 0.3 is 11.9 Å². The quantitative estimate of drug-likeness (QED) is 0.302. The molecule has 0 N–H and O–H groups in total. The molecule has 176 valence electrons. The summed E-state index contributed by atoms with van der Waals surface area (Å²) < 4.78 is 11.1. The van der Waals surface area contributed by atoms with E-state index in [0.717, 1.165) is 16.8 Å². The molecule has 4 rings (SSSR count). The Morgan fingerprint density at radius 3 is 1.88 bits per heavy atom. The van der Waals surface area contributed by atoms with Crippen LogP contribution < -0.4 is 4.90 Å². The van der Waals surface area contributed by atoms with Gasteiger partial charge in [-0.2, -0.15) is 0 Å². The van der Waals surface area contributed by atoms with Crippen molar-refractivity contribution < 1.29 is 19.1 Å². The van der Waals surface area contributed by atoms with Crippen LogP contribution in [0, 0.1) is 5.41 Å². The van der Waals surface area contributed by atoms with Crippen molar-refractivity contribution in [2.24, 2.45) is 5.41 Å². The van der Waals surface area contributed by atoms with Crippen molar-refractivity contribution in [3.8, 4) is 0 Å². The molecule has 3 aromatic carbocycles. The van der Waals surface area contributed by atoms with Crippen molar-refractivity contribution in [2.45, 2.75) is 32.4 Å². The lowest BCUT2D eigenvalue weighted by Gasteiger charge is -2.37. The van der Waals surface area contributed by atoms with E-state index < -0.39 is 23.4 Å². The number of carbonyl (C=O) groups excluding carboxylic acids is 2. The van der Waals surface area contributed by atoms with Gasteiger partial charge < -0.3 is 14.4 Å². The molecule has 0 aromatic heterocycles. The van der Waals surface area contributed by atoms with E-state index in [1.807, 2.05) is 72.8 Å². The Hall–Kier alpha value is -3.31. The Bertz CT molecular complexity index is 1100. The zero-order valence-electron chi connectivity index (χ0n) is 19.3. The minimum Gasteiger partial charge on any atom is -0.465 e. The molecule has 1 aliphatic rings. The summed E-state index contributed by atoms with van der Waals surface area (Å²) in [6.45, 7) is 3.81. The third kappa shape index (κ3) is 4.28. The average molecular weight is 478 g/mol. The van der Waals surface area contributed by atoms with Crippen LogP contribution in [-0.2, 0) is 19.1 Å². The van der Waals surface area contributed by atoms with Gasteiger partial charge in [0.15, 0.2) is 5.41 Å². The molecule has 0 radical (unpaired) electrons. The Morgan fingerprint density at radius 2 is 1.35 bits per heavy atom. The molecule has 0 spiro atoms. The normalized spacial score (nSPS) is 19.0. The molecular formula is C28H28ClNO4. The van der Waals surface area contributed by atoms with Gasteiger partial charge in [0.1, 0.15) is 0 Å². The molecular weight excluding hydrogens is 450 g/mol.